The highest BCUT2D eigenvalue weighted by Crippen LogP contribution is 2.19. The molecule has 0 radical (unpaired) electrons. The van der Waals surface area contributed by atoms with E-state index in [1.807, 2.05) is 7.05 Å². The van der Waals surface area contributed by atoms with E-state index in [1.165, 1.54) is 0 Å². The van der Waals surface area contributed by atoms with E-state index >= 15 is 0 Å². The van der Waals surface area contributed by atoms with Crippen LogP contribution in [0.2, 0.25) is 0 Å². The van der Waals surface area contributed by atoms with E-state index in [4.69, 9.17) is 5.84 Å². The molecule has 2 heterocycles. The summed E-state index contributed by atoms with van der Waals surface area (Å²) in [6.45, 7) is 5.09. The molecule has 0 amide bonds. The summed E-state index contributed by atoms with van der Waals surface area (Å²) in [4.78, 5) is 11.3. The predicted octanol–water partition coefficient (Wildman–Crippen LogP) is 1.27. The number of hydrogen-bond acceptors (Lipinski definition) is 6. The number of anilines is 1. The van der Waals surface area contributed by atoms with Crippen molar-refractivity contribution in [1.82, 2.24) is 24.6 Å². The molecule has 2 rings (SSSR count). The first-order valence-corrected chi connectivity index (χ1v) is 6.96. The first-order chi connectivity index (χ1) is 9.60. The van der Waals surface area contributed by atoms with Gasteiger partial charge in [-0.3, -0.25) is 9.58 Å². The number of nitrogen functional groups attached to an aromatic ring is 1. The molecule has 0 unspecified atom stereocenters. The number of fused-ring (bicyclic) bond motifs is 1. The van der Waals surface area contributed by atoms with Crippen LogP contribution in [0.15, 0.2) is 6.20 Å². The second kappa shape index (κ2) is 6.15. The van der Waals surface area contributed by atoms with Gasteiger partial charge in [-0.15, -0.1) is 0 Å². The molecule has 0 spiro atoms. The van der Waals surface area contributed by atoms with Gasteiger partial charge in [0.2, 0.25) is 0 Å². The molecule has 20 heavy (non-hydrogen) atoms. The van der Waals surface area contributed by atoms with Gasteiger partial charge in [-0.1, -0.05) is 13.8 Å². The van der Waals surface area contributed by atoms with Crippen LogP contribution in [0.1, 0.15) is 32.5 Å². The zero-order valence-electron chi connectivity index (χ0n) is 12.6. The van der Waals surface area contributed by atoms with Gasteiger partial charge in [0.05, 0.1) is 18.1 Å². The highest BCUT2D eigenvalue weighted by atomic mass is 15.3. The van der Waals surface area contributed by atoms with Crippen molar-refractivity contribution in [1.29, 1.82) is 0 Å². The number of hydrazine groups is 1. The van der Waals surface area contributed by atoms with Gasteiger partial charge < -0.3 is 5.43 Å². The molecule has 110 valence electrons. The van der Waals surface area contributed by atoms with E-state index in [2.05, 4.69) is 46.3 Å². The number of rotatable bonds is 6. The van der Waals surface area contributed by atoms with Gasteiger partial charge in [0.1, 0.15) is 5.82 Å². The Bertz CT molecular complexity index is 573. The third-order valence-corrected chi connectivity index (χ3v) is 3.73. The quantitative estimate of drug-likeness (QED) is 0.611. The Morgan fingerprint density at radius 3 is 2.65 bits per heavy atom. The first-order valence-electron chi connectivity index (χ1n) is 6.96. The van der Waals surface area contributed by atoms with Crippen molar-refractivity contribution in [3.05, 3.63) is 12.0 Å². The van der Waals surface area contributed by atoms with E-state index in [-0.39, 0.29) is 0 Å². The van der Waals surface area contributed by atoms with Gasteiger partial charge in [-0.25, -0.2) is 15.8 Å². The zero-order valence-corrected chi connectivity index (χ0v) is 12.6. The summed E-state index contributed by atoms with van der Waals surface area (Å²) in [5.74, 6) is 6.92. The first kappa shape index (κ1) is 14.7. The number of hydrogen-bond donors (Lipinski definition) is 2. The lowest BCUT2D eigenvalue weighted by atomic mass is 10.1. The number of nitrogens with two attached hydrogens (primary N) is 1. The van der Waals surface area contributed by atoms with Gasteiger partial charge in [0, 0.05) is 13.1 Å². The van der Waals surface area contributed by atoms with Crippen LogP contribution in [-0.2, 0) is 13.6 Å². The Kier molecular flexibility index (Phi) is 4.51. The zero-order chi connectivity index (χ0) is 14.7. The fourth-order valence-corrected chi connectivity index (χ4v) is 2.51. The SMILES string of the molecule is CCC(CC)N(C)Cc1nc(NN)c2cnn(C)c2n1. The summed E-state index contributed by atoms with van der Waals surface area (Å²) in [6, 6.07) is 0.537. The second-order valence-electron chi connectivity index (χ2n) is 5.02. The van der Waals surface area contributed by atoms with Crippen LogP contribution in [0.3, 0.4) is 0 Å². The summed E-state index contributed by atoms with van der Waals surface area (Å²) in [5.41, 5.74) is 3.42. The Morgan fingerprint density at radius 2 is 2.05 bits per heavy atom. The van der Waals surface area contributed by atoms with Crippen molar-refractivity contribution >= 4 is 16.9 Å². The molecule has 0 aliphatic rings. The molecular formula is C13H23N7. The highest BCUT2D eigenvalue weighted by Gasteiger charge is 2.15. The molecule has 0 saturated carbocycles. The molecule has 0 fully saturated rings. The van der Waals surface area contributed by atoms with Crippen molar-refractivity contribution in [2.75, 3.05) is 12.5 Å². The molecule has 0 aliphatic heterocycles. The van der Waals surface area contributed by atoms with Gasteiger partial charge in [0.15, 0.2) is 11.5 Å². The Balaban J connectivity index is 2.32. The topological polar surface area (TPSA) is 84.9 Å². The van der Waals surface area contributed by atoms with Crippen LogP contribution in [0.25, 0.3) is 11.0 Å². The largest absolute Gasteiger partial charge is 0.308 e. The minimum Gasteiger partial charge on any atom is -0.308 e. The molecule has 2 aromatic rings. The molecule has 0 saturated heterocycles. The molecule has 0 bridgehead atoms. The van der Waals surface area contributed by atoms with E-state index < -0.39 is 0 Å². The van der Waals surface area contributed by atoms with E-state index in [0.717, 1.165) is 29.7 Å². The Morgan fingerprint density at radius 1 is 1.35 bits per heavy atom. The lowest BCUT2D eigenvalue weighted by Crippen LogP contribution is -2.31. The second-order valence-corrected chi connectivity index (χ2v) is 5.02. The van der Waals surface area contributed by atoms with Crippen LogP contribution in [0.4, 0.5) is 5.82 Å². The standard InChI is InChI=1S/C13H23N7/c1-5-9(6-2)19(3)8-11-16-12(18-14)10-7-15-20(4)13(10)17-11/h7,9H,5-6,8,14H2,1-4H3,(H,16,17,18). The fourth-order valence-electron chi connectivity index (χ4n) is 2.51. The van der Waals surface area contributed by atoms with E-state index in [9.17, 15) is 0 Å². The lowest BCUT2D eigenvalue weighted by molar-refractivity contribution is 0.217. The molecule has 7 nitrogen and oxygen atoms in total. The number of aromatic nitrogens is 4. The average Bonchev–Trinajstić information content (AvgIpc) is 2.81. The van der Waals surface area contributed by atoms with Crippen LogP contribution >= 0.6 is 0 Å². The molecule has 0 atom stereocenters. The summed E-state index contributed by atoms with van der Waals surface area (Å²) in [6.07, 6.45) is 3.95. The van der Waals surface area contributed by atoms with Crippen molar-refractivity contribution in [2.45, 2.75) is 39.3 Å². The molecule has 0 aliphatic carbocycles. The van der Waals surface area contributed by atoms with Crippen molar-refractivity contribution < 1.29 is 0 Å². The van der Waals surface area contributed by atoms with Gasteiger partial charge in [-0.05, 0) is 19.9 Å². The van der Waals surface area contributed by atoms with Crippen molar-refractivity contribution in [3.63, 3.8) is 0 Å². The molecule has 7 heteroatoms. The Labute approximate surface area is 119 Å². The maximum absolute atomic E-state index is 5.55. The van der Waals surface area contributed by atoms with Gasteiger partial charge in [0.25, 0.3) is 0 Å². The summed E-state index contributed by atoms with van der Waals surface area (Å²) < 4.78 is 1.73. The molecule has 2 aromatic heterocycles. The average molecular weight is 277 g/mol. The minimum absolute atomic E-state index is 0.537. The minimum atomic E-state index is 0.537. The smallest absolute Gasteiger partial charge is 0.163 e. The summed E-state index contributed by atoms with van der Waals surface area (Å²) >= 11 is 0. The van der Waals surface area contributed by atoms with Crippen LogP contribution in [0, 0.1) is 0 Å². The van der Waals surface area contributed by atoms with Gasteiger partial charge in [-0.2, -0.15) is 5.10 Å². The maximum Gasteiger partial charge on any atom is 0.163 e. The van der Waals surface area contributed by atoms with Crippen LogP contribution in [0.5, 0.6) is 0 Å². The number of aryl methyl sites for hydroxylation is 1. The summed E-state index contributed by atoms with van der Waals surface area (Å²) in [7, 11) is 3.97. The van der Waals surface area contributed by atoms with Gasteiger partial charge >= 0.3 is 0 Å². The molecule has 3 N–H and O–H groups in total. The Hall–Kier alpha value is -1.73. The van der Waals surface area contributed by atoms with Crippen molar-refractivity contribution in [2.24, 2.45) is 12.9 Å². The third-order valence-electron chi connectivity index (χ3n) is 3.73. The van der Waals surface area contributed by atoms with E-state index in [1.54, 1.807) is 10.9 Å². The monoisotopic (exact) mass is 277 g/mol. The van der Waals surface area contributed by atoms with E-state index in [0.29, 0.717) is 18.4 Å². The molecular weight excluding hydrogens is 254 g/mol. The molecule has 0 aromatic carbocycles. The fraction of sp³-hybridized carbons (Fsp3) is 0.615. The predicted molar refractivity (Wildman–Crippen MR) is 80.0 cm³/mol. The third kappa shape index (κ3) is 2.73. The van der Waals surface area contributed by atoms with Crippen LogP contribution < -0.4 is 11.3 Å². The maximum atomic E-state index is 5.55. The number of nitrogens with one attached hydrogen (secondary N) is 1. The highest BCUT2D eigenvalue weighted by molar-refractivity contribution is 5.86. The van der Waals surface area contributed by atoms with Crippen molar-refractivity contribution in [3.8, 4) is 0 Å². The summed E-state index contributed by atoms with van der Waals surface area (Å²) in [5, 5.41) is 5.03. The van der Waals surface area contributed by atoms with Crippen LogP contribution in [-0.4, -0.2) is 37.7 Å². The number of nitrogens with zero attached hydrogens (tertiary/aromatic N) is 5. The normalized spacial score (nSPS) is 11.8. The lowest BCUT2D eigenvalue weighted by Gasteiger charge is -2.25.